The van der Waals surface area contributed by atoms with Crippen molar-refractivity contribution in [1.29, 1.82) is 0 Å². The van der Waals surface area contributed by atoms with E-state index in [2.05, 4.69) is 4.72 Å². The molecule has 6 heteroatoms. The number of nitrogens with zero attached hydrogens (tertiary/aromatic N) is 1. The number of hydrogen-bond acceptors (Lipinski definition) is 3. The summed E-state index contributed by atoms with van der Waals surface area (Å²) in [5.74, 6) is 0.790. The van der Waals surface area contributed by atoms with Gasteiger partial charge in [0.25, 0.3) is 10.2 Å². The van der Waals surface area contributed by atoms with Crippen LogP contribution in [-0.4, -0.2) is 39.5 Å². The molecule has 0 fully saturated rings. The molecule has 0 aromatic heterocycles. The summed E-state index contributed by atoms with van der Waals surface area (Å²) in [6.45, 7) is 4.18. The van der Waals surface area contributed by atoms with Crippen LogP contribution in [0.4, 0.5) is 0 Å². The van der Waals surface area contributed by atoms with Gasteiger partial charge in [-0.1, -0.05) is 25.1 Å². The molecule has 0 bridgehead atoms. The molecule has 0 heterocycles. The van der Waals surface area contributed by atoms with Crippen LogP contribution in [0.5, 0.6) is 5.75 Å². The van der Waals surface area contributed by atoms with Crippen LogP contribution < -0.4 is 9.46 Å². The van der Waals surface area contributed by atoms with Gasteiger partial charge in [-0.25, -0.2) is 0 Å². The molecule has 0 aliphatic rings. The van der Waals surface area contributed by atoms with Gasteiger partial charge >= 0.3 is 0 Å². The van der Waals surface area contributed by atoms with Crippen molar-refractivity contribution in [3.05, 3.63) is 29.8 Å². The zero-order valence-corrected chi connectivity index (χ0v) is 12.7. The van der Waals surface area contributed by atoms with Crippen LogP contribution in [0.1, 0.15) is 18.9 Å². The first-order valence-corrected chi connectivity index (χ1v) is 7.70. The standard InChI is InChI=1S/C13H22N2O3S/c1-5-12(10-14-19(16,17)15(3)4)18-13-9-7-6-8-11(13)2/h6-9,12,14H,5,10H2,1-4H3/t12-/m1/s1. The number of benzene rings is 1. The van der Waals surface area contributed by atoms with Gasteiger partial charge in [0.1, 0.15) is 11.9 Å². The summed E-state index contributed by atoms with van der Waals surface area (Å²) >= 11 is 0. The first-order valence-electron chi connectivity index (χ1n) is 6.26. The molecule has 0 aliphatic carbocycles. The van der Waals surface area contributed by atoms with E-state index in [1.165, 1.54) is 14.1 Å². The lowest BCUT2D eigenvalue weighted by Gasteiger charge is -2.20. The number of hydrogen-bond donors (Lipinski definition) is 1. The molecule has 0 saturated heterocycles. The smallest absolute Gasteiger partial charge is 0.279 e. The van der Waals surface area contributed by atoms with E-state index in [4.69, 9.17) is 4.74 Å². The van der Waals surface area contributed by atoms with Crippen LogP contribution in [0.25, 0.3) is 0 Å². The van der Waals surface area contributed by atoms with E-state index in [1.807, 2.05) is 38.1 Å². The summed E-state index contributed by atoms with van der Waals surface area (Å²) in [6.07, 6.45) is 0.542. The van der Waals surface area contributed by atoms with Crippen molar-refractivity contribution in [2.24, 2.45) is 0 Å². The SMILES string of the molecule is CC[C@H](CNS(=O)(=O)N(C)C)Oc1ccccc1C. The third-order valence-electron chi connectivity index (χ3n) is 2.82. The molecule has 0 amide bonds. The molecule has 5 nitrogen and oxygen atoms in total. The maximum atomic E-state index is 11.6. The summed E-state index contributed by atoms with van der Waals surface area (Å²) in [7, 11) is -0.419. The number of para-hydroxylation sites is 1. The molecule has 1 aromatic rings. The van der Waals surface area contributed by atoms with Gasteiger partial charge in [-0.05, 0) is 25.0 Å². The fourth-order valence-electron chi connectivity index (χ4n) is 1.46. The third-order valence-corrected chi connectivity index (χ3v) is 4.31. The maximum Gasteiger partial charge on any atom is 0.279 e. The van der Waals surface area contributed by atoms with Crippen LogP contribution in [0.2, 0.25) is 0 Å². The molecule has 1 rings (SSSR count). The number of rotatable bonds is 7. The summed E-state index contributed by atoms with van der Waals surface area (Å²) < 4.78 is 32.8. The average Bonchev–Trinajstić information content (AvgIpc) is 2.36. The summed E-state index contributed by atoms with van der Waals surface area (Å²) in [4.78, 5) is 0. The van der Waals surface area contributed by atoms with Gasteiger partial charge in [-0.2, -0.15) is 17.4 Å². The fourth-order valence-corrected chi connectivity index (χ4v) is 2.12. The van der Waals surface area contributed by atoms with Gasteiger partial charge in [0.15, 0.2) is 0 Å². The Morgan fingerprint density at radius 2 is 1.95 bits per heavy atom. The van der Waals surface area contributed by atoms with Crippen LogP contribution in [-0.2, 0) is 10.2 Å². The van der Waals surface area contributed by atoms with Crippen molar-refractivity contribution in [2.45, 2.75) is 26.4 Å². The lowest BCUT2D eigenvalue weighted by molar-refractivity contribution is 0.198. The van der Waals surface area contributed by atoms with Crippen molar-refractivity contribution < 1.29 is 13.2 Å². The second kappa shape index (κ2) is 6.88. The Balaban J connectivity index is 2.63. The summed E-state index contributed by atoms with van der Waals surface area (Å²) in [5.41, 5.74) is 1.04. The van der Waals surface area contributed by atoms with Crippen LogP contribution in [0.15, 0.2) is 24.3 Å². The van der Waals surface area contributed by atoms with Crippen LogP contribution in [0.3, 0.4) is 0 Å². The summed E-state index contributed by atoms with van der Waals surface area (Å²) in [6, 6.07) is 7.70. The fraction of sp³-hybridized carbons (Fsp3) is 0.538. The van der Waals surface area contributed by atoms with Crippen molar-refractivity contribution in [3.63, 3.8) is 0 Å². The number of aryl methyl sites for hydroxylation is 1. The van der Waals surface area contributed by atoms with Gasteiger partial charge in [-0.3, -0.25) is 0 Å². The van der Waals surface area contributed by atoms with Crippen molar-refractivity contribution in [3.8, 4) is 5.75 Å². The molecule has 1 N–H and O–H groups in total. The van der Waals surface area contributed by atoms with E-state index in [1.54, 1.807) is 0 Å². The van der Waals surface area contributed by atoms with E-state index < -0.39 is 10.2 Å². The molecule has 0 radical (unpaired) electrons. The van der Waals surface area contributed by atoms with Gasteiger partial charge in [0, 0.05) is 20.6 Å². The Kier molecular flexibility index (Phi) is 5.78. The van der Waals surface area contributed by atoms with Gasteiger partial charge in [0.05, 0.1) is 0 Å². The monoisotopic (exact) mass is 286 g/mol. The molecule has 1 aromatic carbocycles. The Hall–Kier alpha value is -1.11. The number of ether oxygens (including phenoxy) is 1. The molecule has 19 heavy (non-hydrogen) atoms. The Morgan fingerprint density at radius 3 is 2.47 bits per heavy atom. The Morgan fingerprint density at radius 1 is 1.32 bits per heavy atom. The van der Waals surface area contributed by atoms with Crippen molar-refractivity contribution in [1.82, 2.24) is 9.03 Å². The molecule has 1 atom stereocenters. The quantitative estimate of drug-likeness (QED) is 0.827. The third kappa shape index (κ3) is 4.81. The molecule has 108 valence electrons. The van der Waals surface area contributed by atoms with E-state index in [-0.39, 0.29) is 12.6 Å². The van der Waals surface area contributed by atoms with Crippen LogP contribution in [0, 0.1) is 6.92 Å². The second-order valence-electron chi connectivity index (χ2n) is 4.55. The minimum Gasteiger partial charge on any atom is -0.489 e. The van der Waals surface area contributed by atoms with Crippen molar-refractivity contribution >= 4 is 10.2 Å². The maximum absolute atomic E-state index is 11.6. The molecular weight excluding hydrogens is 264 g/mol. The normalized spacial score (nSPS) is 13.5. The van der Waals surface area contributed by atoms with Crippen LogP contribution >= 0.6 is 0 Å². The highest BCUT2D eigenvalue weighted by atomic mass is 32.2. The first kappa shape index (κ1) is 15.9. The van der Waals surface area contributed by atoms with Gasteiger partial charge in [0.2, 0.25) is 0 Å². The number of nitrogens with one attached hydrogen (secondary N) is 1. The van der Waals surface area contributed by atoms with E-state index >= 15 is 0 Å². The minimum atomic E-state index is -3.40. The lowest BCUT2D eigenvalue weighted by atomic mass is 10.2. The Bertz CT molecular complexity index is 500. The highest BCUT2D eigenvalue weighted by Gasteiger charge is 2.16. The van der Waals surface area contributed by atoms with E-state index in [0.717, 1.165) is 22.0 Å². The predicted octanol–water partition coefficient (Wildman–Crippen LogP) is 1.55. The topological polar surface area (TPSA) is 58.6 Å². The highest BCUT2D eigenvalue weighted by molar-refractivity contribution is 7.87. The minimum absolute atomic E-state index is 0.184. The van der Waals surface area contributed by atoms with E-state index in [9.17, 15) is 8.42 Å². The average molecular weight is 286 g/mol. The molecule has 0 spiro atoms. The summed E-state index contributed by atoms with van der Waals surface area (Å²) in [5, 5.41) is 0. The van der Waals surface area contributed by atoms with Gasteiger partial charge < -0.3 is 4.74 Å². The zero-order valence-electron chi connectivity index (χ0n) is 11.9. The first-order chi connectivity index (χ1) is 8.86. The molecule has 0 unspecified atom stereocenters. The lowest BCUT2D eigenvalue weighted by Crippen LogP contribution is -2.41. The largest absolute Gasteiger partial charge is 0.489 e. The van der Waals surface area contributed by atoms with E-state index in [0.29, 0.717) is 0 Å². The molecule has 0 aliphatic heterocycles. The molecular formula is C13H22N2O3S. The molecule has 0 saturated carbocycles. The Labute approximate surface area is 115 Å². The van der Waals surface area contributed by atoms with Crippen molar-refractivity contribution in [2.75, 3.05) is 20.6 Å². The highest BCUT2D eigenvalue weighted by Crippen LogP contribution is 2.18. The van der Waals surface area contributed by atoms with Gasteiger partial charge in [-0.15, -0.1) is 0 Å². The second-order valence-corrected chi connectivity index (χ2v) is 6.52. The zero-order chi connectivity index (χ0) is 14.5. The predicted molar refractivity (Wildman–Crippen MR) is 76.5 cm³/mol.